The Morgan fingerprint density at radius 3 is 2.83 bits per heavy atom. The number of methoxy groups -OCH3 is 1. The van der Waals surface area contributed by atoms with Gasteiger partial charge in [-0.05, 0) is 44.6 Å². The Morgan fingerprint density at radius 2 is 2.12 bits per heavy atom. The zero-order valence-corrected chi connectivity index (χ0v) is 15.1. The number of likely N-dealkylation sites (tertiary alicyclic amines) is 1. The highest BCUT2D eigenvalue weighted by Gasteiger charge is 2.29. The van der Waals surface area contributed by atoms with Crippen molar-refractivity contribution in [1.82, 2.24) is 9.88 Å². The molecule has 0 aliphatic carbocycles. The second kappa shape index (κ2) is 7.79. The zero-order chi connectivity index (χ0) is 16.9. The average molecular weight is 344 g/mol. The lowest BCUT2D eigenvalue weighted by Gasteiger charge is -2.35. The Balaban J connectivity index is 1.71. The van der Waals surface area contributed by atoms with Gasteiger partial charge in [0.2, 0.25) is 0 Å². The molecule has 0 spiro atoms. The van der Waals surface area contributed by atoms with Crippen LogP contribution in [0.3, 0.4) is 0 Å². The van der Waals surface area contributed by atoms with Crippen LogP contribution >= 0.6 is 11.3 Å². The molecule has 0 unspecified atom stereocenters. The van der Waals surface area contributed by atoms with Crippen molar-refractivity contribution in [3.63, 3.8) is 0 Å². The maximum atomic E-state index is 13.0. The molecule has 5 heteroatoms. The summed E-state index contributed by atoms with van der Waals surface area (Å²) in [6.07, 6.45) is 5.41. The van der Waals surface area contributed by atoms with Gasteiger partial charge in [0.15, 0.2) is 0 Å². The number of rotatable bonds is 5. The predicted octanol–water partition coefficient (Wildman–Crippen LogP) is 4.09. The minimum absolute atomic E-state index is 0.117. The summed E-state index contributed by atoms with van der Waals surface area (Å²) in [5.41, 5.74) is 2.11. The van der Waals surface area contributed by atoms with E-state index in [9.17, 15) is 4.79 Å². The summed E-state index contributed by atoms with van der Waals surface area (Å²) in [5.74, 6) is 0.117. The van der Waals surface area contributed by atoms with Crippen LogP contribution in [0, 0.1) is 6.92 Å². The molecule has 1 aliphatic heterocycles. The highest BCUT2D eigenvalue weighted by atomic mass is 32.1. The van der Waals surface area contributed by atoms with Gasteiger partial charge in [0.05, 0.1) is 12.8 Å². The van der Waals surface area contributed by atoms with Crippen molar-refractivity contribution in [1.29, 1.82) is 0 Å². The molecular formula is C19H24N2O2S. The van der Waals surface area contributed by atoms with E-state index in [0.29, 0.717) is 11.2 Å². The van der Waals surface area contributed by atoms with Crippen molar-refractivity contribution >= 4 is 17.2 Å². The highest BCUT2D eigenvalue weighted by Crippen LogP contribution is 2.29. The van der Waals surface area contributed by atoms with Crippen LogP contribution in [0.15, 0.2) is 30.3 Å². The number of carbonyl (C=O) groups is 1. The summed E-state index contributed by atoms with van der Waals surface area (Å²) in [7, 11) is 1.59. The fourth-order valence-corrected chi connectivity index (χ4v) is 4.17. The van der Waals surface area contributed by atoms with Crippen LogP contribution in [-0.2, 0) is 6.42 Å². The number of nitrogens with zero attached hydrogens (tertiary/aromatic N) is 2. The predicted molar refractivity (Wildman–Crippen MR) is 96.8 cm³/mol. The maximum Gasteiger partial charge on any atom is 0.273 e. The van der Waals surface area contributed by atoms with Crippen LogP contribution in [0.2, 0.25) is 0 Å². The third-order valence-corrected chi connectivity index (χ3v) is 5.75. The molecule has 24 heavy (non-hydrogen) atoms. The molecule has 1 atom stereocenters. The molecule has 3 rings (SSSR count). The standard InChI is InChI=1S/C19H24N2O2S/c1-14-17(24-19(20-14)23-2)18(22)21-13-7-6-10-16(21)12-11-15-8-4-3-5-9-15/h3-5,8-9,16H,6-7,10-13H2,1-2H3/t16-/m0/s1. The van der Waals surface area contributed by atoms with Crippen molar-refractivity contribution in [2.24, 2.45) is 0 Å². The number of piperidine rings is 1. The van der Waals surface area contributed by atoms with Gasteiger partial charge in [-0.15, -0.1) is 0 Å². The molecule has 0 N–H and O–H groups in total. The van der Waals surface area contributed by atoms with Gasteiger partial charge in [0, 0.05) is 12.6 Å². The summed E-state index contributed by atoms with van der Waals surface area (Å²) in [6, 6.07) is 10.8. The quantitative estimate of drug-likeness (QED) is 0.820. The number of amides is 1. The first kappa shape index (κ1) is 17.0. The lowest BCUT2D eigenvalue weighted by molar-refractivity contribution is 0.0606. The van der Waals surface area contributed by atoms with Gasteiger partial charge < -0.3 is 9.64 Å². The molecular weight excluding hydrogens is 320 g/mol. The van der Waals surface area contributed by atoms with E-state index in [2.05, 4.69) is 34.1 Å². The van der Waals surface area contributed by atoms with E-state index < -0.39 is 0 Å². The monoisotopic (exact) mass is 344 g/mol. The van der Waals surface area contributed by atoms with E-state index in [4.69, 9.17) is 4.74 Å². The minimum atomic E-state index is 0.117. The van der Waals surface area contributed by atoms with Gasteiger partial charge in [-0.25, -0.2) is 4.98 Å². The first-order chi connectivity index (χ1) is 11.7. The fourth-order valence-electron chi connectivity index (χ4n) is 3.33. The van der Waals surface area contributed by atoms with Crippen molar-refractivity contribution in [2.45, 2.75) is 45.1 Å². The summed E-state index contributed by atoms with van der Waals surface area (Å²) in [4.78, 5) is 20.1. The van der Waals surface area contributed by atoms with Gasteiger partial charge in [-0.1, -0.05) is 41.7 Å². The van der Waals surface area contributed by atoms with Gasteiger partial charge >= 0.3 is 0 Å². The SMILES string of the molecule is COc1nc(C)c(C(=O)N2CCCC[C@H]2CCc2ccccc2)s1. The van der Waals surface area contributed by atoms with Crippen molar-refractivity contribution in [2.75, 3.05) is 13.7 Å². The van der Waals surface area contributed by atoms with Crippen molar-refractivity contribution in [3.05, 3.63) is 46.5 Å². The molecule has 0 radical (unpaired) electrons. The number of ether oxygens (including phenoxy) is 1. The lowest BCUT2D eigenvalue weighted by atomic mass is 9.95. The number of hydrogen-bond acceptors (Lipinski definition) is 4. The Labute approximate surface area is 147 Å². The number of carbonyl (C=O) groups excluding carboxylic acids is 1. The molecule has 1 aromatic heterocycles. The first-order valence-corrected chi connectivity index (χ1v) is 9.37. The largest absolute Gasteiger partial charge is 0.473 e. The topological polar surface area (TPSA) is 42.4 Å². The second-order valence-electron chi connectivity index (χ2n) is 6.27. The van der Waals surface area contributed by atoms with E-state index in [-0.39, 0.29) is 5.91 Å². The third-order valence-electron chi connectivity index (χ3n) is 4.64. The van der Waals surface area contributed by atoms with Crippen LogP contribution in [0.25, 0.3) is 0 Å². The molecule has 1 aliphatic rings. The van der Waals surface area contributed by atoms with Gasteiger partial charge in [0.1, 0.15) is 4.88 Å². The normalized spacial score (nSPS) is 17.8. The van der Waals surface area contributed by atoms with E-state index in [1.54, 1.807) is 7.11 Å². The molecule has 0 bridgehead atoms. The third kappa shape index (κ3) is 3.78. The second-order valence-corrected chi connectivity index (χ2v) is 7.23. The molecule has 4 nitrogen and oxygen atoms in total. The van der Waals surface area contributed by atoms with Gasteiger partial charge in [-0.3, -0.25) is 4.79 Å². The number of thiazole rings is 1. The number of aryl methyl sites for hydroxylation is 2. The summed E-state index contributed by atoms with van der Waals surface area (Å²) in [6.45, 7) is 2.73. The van der Waals surface area contributed by atoms with Crippen LogP contribution < -0.4 is 4.74 Å². The lowest BCUT2D eigenvalue weighted by Crippen LogP contribution is -2.43. The van der Waals surface area contributed by atoms with E-state index in [0.717, 1.165) is 42.8 Å². The smallest absolute Gasteiger partial charge is 0.273 e. The van der Waals surface area contributed by atoms with Crippen LogP contribution in [0.1, 0.15) is 46.6 Å². The van der Waals surface area contributed by atoms with Crippen molar-refractivity contribution < 1.29 is 9.53 Å². The summed E-state index contributed by atoms with van der Waals surface area (Å²) in [5, 5.41) is 0.564. The number of hydrogen-bond donors (Lipinski definition) is 0. The molecule has 1 amide bonds. The number of aromatic nitrogens is 1. The van der Waals surface area contributed by atoms with Crippen LogP contribution in [0.4, 0.5) is 0 Å². The van der Waals surface area contributed by atoms with Crippen molar-refractivity contribution in [3.8, 4) is 5.19 Å². The van der Waals surface area contributed by atoms with E-state index >= 15 is 0 Å². The molecule has 2 heterocycles. The maximum absolute atomic E-state index is 13.0. The molecule has 2 aromatic rings. The highest BCUT2D eigenvalue weighted by molar-refractivity contribution is 7.15. The molecule has 0 saturated carbocycles. The Morgan fingerprint density at radius 1 is 1.33 bits per heavy atom. The summed E-state index contributed by atoms with van der Waals surface area (Å²) >= 11 is 1.35. The van der Waals surface area contributed by atoms with Crippen LogP contribution in [-0.4, -0.2) is 35.5 Å². The zero-order valence-electron chi connectivity index (χ0n) is 14.3. The Hall–Kier alpha value is -1.88. The first-order valence-electron chi connectivity index (χ1n) is 8.55. The molecule has 1 aromatic carbocycles. The van der Waals surface area contributed by atoms with Gasteiger partial charge in [-0.2, -0.15) is 0 Å². The molecule has 1 fully saturated rings. The van der Waals surface area contributed by atoms with E-state index in [1.165, 1.54) is 23.3 Å². The minimum Gasteiger partial charge on any atom is -0.473 e. The number of benzene rings is 1. The fraction of sp³-hybridized carbons (Fsp3) is 0.474. The van der Waals surface area contributed by atoms with Crippen LogP contribution in [0.5, 0.6) is 5.19 Å². The Bertz CT molecular complexity index is 684. The van der Waals surface area contributed by atoms with Gasteiger partial charge in [0.25, 0.3) is 11.1 Å². The average Bonchev–Trinajstić information content (AvgIpc) is 3.01. The molecule has 128 valence electrons. The van der Waals surface area contributed by atoms with E-state index in [1.807, 2.05) is 13.0 Å². The Kier molecular flexibility index (Phi) is 5.51. The summed E-state index contributed by atoms with van der Waals surface area (Å²) < 4.78 is 5.18. The molecule has 1 saturated heterocycles.